The number of carbonyl (C=O) groups is 2. The van der Waals surface area contributed by atoms with Crippen LogP contribution in [0.15, 0.2) is 76.1 Å². The second kappa shape index (κ2) is 9.90. The van der Waals surface area contributed by atoms with Gasteiger partial charge in [-0.2, -0.15) is 0 Å². The van der Waals surface area contributed by atoms with E-state index in [4.69, 9.17) is 16.3 Å². The minimum Gasteiger partial charge on any atom is -0.488 e. The number of hydrogen-bond donors (Lipinski definition) is 0. The first kappa shape index (κ1) is 22.6. The molecule has 0 saturated carbocycles. The number of halogens is 3. The summed E-state index contributed by atoms with van der Waals surface area (Å²) in [5.41, 5.74) is 1.88. The Morgan fingerprint density at radius 3 is 2.47 bits per heavy atom. The van der Waals surface area contributed by atoms with Gasteiger partial charge in [-0.05, 0) is 63.6 Å². The number of ether oxygens (including phenoxy) is 1. The standard InChI is InChI=1S/C24H16BrClFNO3S/c25-18-11-15(9-10-21(18)31-14-17-6-1-3-7-19(17)26)12-22-23(29)28(24(30)32-22)13-16-5-2-4-8-20(16)27/h1-12H,13-14H2/b22-12-. The highest BCUT2D eigenvalue weighted by Crippen LogP contribution is 2.35. The average molecular weight is 533 g/mol. The number of benzene rings is 3. The Labute approximate surface area is 202 Å². The van der Waals surface area contributed by atoms with E-state index in [9.17, 15) is 14.0 Å². The van der Waals surface area contributed by atoms with Crippen LogP contribution in [0, 0.1) is 5.82 Å². The van der Waals surface area contributed by atoms with Crippen molar-refractivity contribution in [3.63, 3.8) is 0 Å². The zero-order valence-corrected chi connectivity index (χ0v) is 19.7. The molecule has 0 atom stereocenters. The summed E-state index contributed by atoms with van der Waals surface area (Å²) in [6.07, 6.45) is 1.63. The topological polar surface area (TPSA) is 46.6 Å². The highest BCUT2D eigenvalue weighted by molar-refractivity contribution is 9.10. The number of hydrogen-bond acceptors (Lipinski definition) is 4. The summed E-state index contributed by atoms with van der Waals surface area (Å²) in [4.78, 5) is 26.4. The Bertz CT molecular complexity index is 1230. The smallest absolute Gasteiger partial charge is 0.293 e. The maximum Gasteiger partial charge on any atom is 0.293 e. The number of nitrogens with zero attached hydrogens (tertiary/aromatic N) is 1. The van der Waals surface area contributed by atoms with Crippen molar-refractivity contribution in [2.24, 2.45) is 0 Å². The summed E-state index contributed by atoms with van der Waals surface area (Å²) in [6.45, 7) is 0.208. The predicted molar refractivity (Wildman–Crippen MR) is 128 cm³/mol. The first-order valence-electron chi connectivity index (χ1n) is 9.57. The van der Waals surface area contributed by atoms with Crippen LogP contribution in [0.5, 0.6) is 5.75 Å². The minimum atomic E-state index is -0.452. The van der Waals surface area contributed by atoms with Crippen LogP contribution in [0.3, 0.4) is 0 Å². The fraction of sp³-hybridized carbons (Fsp3) is 0.0833. The van der Waals surface area contributed by atoms with Gasteiger partial charge in [0.2, 0.25) is 0 Å². The lowest BCUT2D eigenvalue weighted by Gasteiger charge is -2.12. The highest BCUT2D eigenvalue weighted by Gasteiger charge is 2.35. The van der Waals surface area contributed by atoms with Gasteiger partial charge in [0.25, 0.3) is 11.1 Å². The third kappa shape index (κ3) is 5.06. The lowest BCUT2D eigenvalue weighted by Crippen LogP contribution is -2.27. The molecule has 162 valence electrons. The van der Waals surface area contributed by atoms with Crippen LogP contribution in [-0.2, 0) is 17.9 Å². The Balaban J connectivity index is 1.47. The molecule has 0 unspecified atom stereocenters. The van der Waals surface area contributed by atoms with Gasteiger partial charge in [0.05, 0.1) is 15.9 Å². The van der Waals surface area contributed by atoms with Crippen LogP contribution in [0.25, 0.3) is 6.08 Å². The minimum absolute atomic E-state index is 0.104. The third-order valence-corrected chi connectivity index (χ3v) is 6.65. The molecule has 0 radical (unpaired) electrons. The Morgan fingerprint density at radius 1 is 1.03 bits per heavy atom. The lowest BCUT2D eigenvalue weighted by molar-refractivity contribution is -0.123. The maximum atomic E-state index is 13.9. The van der Waals surface area contributed by atoms with Gasteiger partial charge in [-0.15, -0.1) is 0 Å². The van der Waals surface area contributed by atoms with Gasteiger partial charge in [0.15, 0.2) is 0 Å². The summed E-state index contributed by atoms with van der Waals surface area (Å²) in [5.74, 6) is -0.278. The number of thioether (sulfide) groups is 1. The molecule has 4 nitrogen and oxygen atoms in total. The van der Waals surface area contributed by atoms with Crippen molar-refractivity contribution in [1.82, 2.24) is 4.90 Å². The summed E-state index contributed by atoms with van der Waals surface area (Å²) >= 11 is 10.5. The maximum absolute atomic E-state index is 13.9. The van der Waals surface area contributed by atoms with E-state index in [0.29, 0.717) is 27.4 Å². The van der Waals surface area contributed by atoms with E-state index in [1.807, 2.05) is 18.2 Å². The van der Waals surface area contributed by atoms with Crippen LogP contribution in [0.1, 0.15) is 16.7 Å². The van der Waals surface area contributed by atoms with Crippen LogP contribution in [0.2, 0.25) is 5.02 Å². The Kier molecular flexibility index (Phi) is 6.98. The molecular formula is C24H16BrClFNO3S. The summed E-state index contributed by atoms with van der Waals surface area (Å²) < 4.78 is 20.5. The van der Waals surface area contributed by atoms with E-state index in [0.717, 1.165) is 27.8 Å². The van der Waals surface area contributed by atoms with Gasteiger partial charge in [0, 0.05) is 16.1 Å². The molecule has 4 rings (SSSR count). The van der Waals surface area contributed by atoms with E-state index >= 15 is 0 Å². The summed E-state index contributed by atoms with van der Waals surface area (Å²) in [6, 6.07) is 18.9. The summed E-state index contributed by atoms with van der Waals surface area (Å²) in [7, 11) is 0. The van der Waals surface area contributed by atoms with Crippen LogP contribution < -0.4 is 4.74 Å². The number of imide groups is 1. The molecule has 1 aliphatic rings. The fourth-order valence-corrected chi connectivity index (χ4v) is 4.62. The number of amides is 2. The van der Waals surface area contributed by atoms with Crippen molar-refractivity contribution in [1.29, 1.82) is 0 Å². The zero-order chi connectivity index (χ0) is 22.7. The fourth-order valence-electron chi connectivity index (χ4n) is 3.08. The molecule has 1 heterocycles. The molecule has 0 aliphatic carbocycles. The molecule has 3 aromatic rings. The first-order valence-corrected chi connectivity index (χ1v) is 11.6. The lowest BCUT2D eigenvalue weighted by atomic mass is 10.2. The number of carbonyl (C=O) groups excluding carboxylic acids is 2. The van der Waals surface area contributed by atoms with Crippen molar-refractivity contribution >= 4 is 56.5 Å². The van der Waals surface area contributed by atoms with Crippen LogP contribution in [-0.4, -0.2) is 16.0 Å². The second-order valence-electron chi connectivity index (χ2n) is 6.93. The molecule has 0 spiro atoms. The molecule has 1 saturated heterocycles. The van der Waals surface area contributed by atoms with Gasteiger partial charge in [-0.1, -0.05) is 54.1 Å². The molecule has 0 N–H and O–H groups in total. The normalized spacial score (nSPS) is 15.0. The molecule has 1 aliphatic heterocycles. The molecular weight excluding hydrogens is 517 g/mol. The molecule has 3 aromatic carbocycles. The molecule has 8 heteroatoms. The zero-order valence-electron chi connectivity index (χ0n) is 16.6. The SMILES string of the molecule is O=C1S/C(=C\c2ccc(OCc3ccccc3Cl)c(Br)c2)C(=O)N1Cc1ccccc1F. The van der Waals surface area contributed by atoms with E-state index in [1.54, 1.807) is 48.5 Å². The van der Waals surface area contributed by atoms with Crippen molar-refractivity contribution in [2.45, 2.75) is 13.2 Å². The first-order chi connectivity index (χ1) is 15.4. The largest absolute Gasteiger partial charge is 0.488 e. The van der Waals surface area contributed by atoms with E-state index in [1.165, 1.54) is 6.07 Å². The van der Waals surface area contributed by atoms with Gasteiger partial charge in [0.1, 0.15) is 18.2 Å². The number of rotatable bonds is 6. The van der Waals surface area contributed by atoms with E-state index < -0.39 is 17.0 Å². The second-order valence-corrected chi connectivity index (χ2v) is 9.18. The Hall–Kier alpha value is -2.61. The van der Waals surface area contributed by atoms with Gasteiger partial charge < -0.3 is 4.74 Å². The Morgan fingerprint density at radius 2 is 1.75 bits per heavy atom. The van der Waals surface area contributed by atoms with E-state index in [2.05, 4.69) is 15.9 Å². The van der Waals surface area contributed by atoms with Crippen LogP contribution >= 0.6 is 39.3 Å². The highest BCUT2D eigenvalue weighted by atomic mass is 79.9. The van der Waals surface area contributed by atoms with Gasteiger partial charge in [-0.3, -0.25) is 14.5 Å². The quantitative estimate of drug-likeness (QED) is 0.319. The molecule has 1 fully saturated rings. The van der Waals surface area contributed by atoms with Crippen molar-refractivity contribution < 1.29 is 18.7 Å². The summed E-state index contributed by atoms with van der Waals surface area (Å²) in [5, 5.41) is 0.203. The van der Waals surface area contributed by atoms with Crippen molar-refractivity contribution in [3.05, 3.63) is 104 Å². The average Bonchev–Trinajstić information content (AvgIpc) is 3.03. The van der Waals surface area contributed by atoms with Crippen molar-refractivity contribution in [3.8, 4) is 5.75 Å². The molecule has 0 bridgehead atoms. The third-order valence-electron chi connectivity index (χ3n) is 4.75. The van der Waals surface area contributed by atoms with Gasteiger partial charge in [-0.25, -0.2) is 4.39 Å². The van der Waals surface area contributed by atoms with E-state index in [-0.39, 0.29) is 11.4 Å². The predicted octanol–water partition coefficient (Wildman–Crippen LogP) is 7.06. The van der Waals surface area contributed by atoms with Gasteiger partial charge >= 0.3 is 0 Å². The van der Waals surface area contributed by atoms with Crippen molar-refractivity contribution in [2.75, 3.05) is 0 Å². The van der Waals surface area contributed by atoms with Crippen LogP contribution in [0.4, 0.5) is 9.18 Å². The molecule has 32 heavy (non-hydrogen) atoms. The molecule has 2 amide bonds. The monoisotopic (exact) mass is 531 g/mol. The molecule has 0 aromatic heterocycles.